The van der Waals surface area contributed by atoms with E-state index in [1.54, 1.807) is 12.3 Å². The van der Waals surface area contributed by atoms with E-state index in [9.17, 15) is 9.59 Å². The zero-order chi connectivity index (χ0) is 18.1. The second-order valence-electron chi connectivity index (χ2n) is 6.58. The molecule has 7 heteroatoms. The van der Waals surface area contributed by atoms with Gasteiger partial charge in [0.15, 0.2) is 10.9 Å². The Kier molecular flexibility index (Phi) is 4.55. The minimum absolute atomic E-state index is 0.0247. The first-order valence-electron chi connectivity index (χ1n) is 8.70. The van der Waals surface area contributed by atoms with E-state index in [1.165, 1.54) is 11.8 Å². The zero-order valence-electron chi connectivity index (χ0n) is 14.5. The van der Waals surface area contributed by atoms with Crippen molar-refractivity contribution in [2.75, 3.05) is 18.8 Å². The molecule has 1 fully saturated rings. The number of carbonyl (C=O) groups excluding carboxylic acids is 2. The maximum Gasteiger partial charge on any atom is 0.270 e. The summed E-state index contributed by atoms with van der Waals surface area (Å²) in [4.78, 5) is 37.3. The molecular weight excluding hydrogens is 348 g/mol. The fraction of sp³-hybridized carbons (Fsp3) is 0.316. The molecule has 0 spiro atoms. The number of amides is 1. The van der Waals surface area contributed by atoms with Gasteiger partial charge in [-0.1, -0.05) is 17.8 Å². The molecule has 1 aromatic carbocycles. The van der Waals surface area contributed by atoms with Gasteiger partial charge in [0.2, 0.25) is 0 Å². The number of nitrogens with one attached hydrogen (secondary N) is 2. The number of H-pyrrole nitrogens is 2. The summed E-state index contributed by atoms with van der Waals surface area (Å²) in [7, 11) is 0. The Labute approximate surface area is 155 Å². The van der Waals surface area contributed by atoms with Crippen LogP contribution in [-0.2, 0) is 0 Å². The highest BCUT2D eigenvalue weighted by atomic mass is 32.2. The van der Waals surface area contributed by atoms with Crippen LogP contribution in [0.5, 0.6) is 0 Å². The van der Waals surface area contributed by atoms with Crippen LogP contribution in [0.25, 0.3) is 11.0 Å². The second-order valence-corrected chi connectivity index (χ2v) is 7.54. The number of Topliss-reactive ketones (excluding diaryl/α,β-unsaturated/α-hetero) is 1. The van der Waals surface area contributed by atoms with Crippen molar-refractivity contribution in [1.29, 1.82) is 0 Å². The molecule has 26 heavy (non-hydrogen) atoms. The highest BCUT2D eigenvalue weighted by Gasteiger charge is 2.21. The molecule has 134 valence electrons. The number of imidazole rings is 1. The molecule has 4 rings (SSSR count). The van der Waals surface area contributed by atoms with Gasteiger partial charge in [-0.15, -0.1) is 0 Å². The summed E-state index contributed by atoms with van der Waals surface area (Å²) >= 11 is 1.37. The average molecular weight is 368 g/mol. The first-order chi connectivity index (χ1) is 12.6. The third kappa shape index (κ3) is 3.39. The number of nitrogens with zero attached hydrogens (tertiary/aromatic N) is 2. The number of benzene rings is 1. The number of hydrogen-bond donors (Lipinski definition) is 2. The maximum atomic E-state index is 12.4. The lowest BCUT2D eigenvalue weighted by Crippen LogP contribution is -2.27. The molecule has 0 aliphatic carbocycles. The summed E-state index contributed by atoms with van der Waals surface area (Å²) in [5.41, 5.74) is 4.05. The number of aryl methyl sites for hydroxylation is 1. The first-order valence-corrected chi connectivity index (χ1v) is 9.69. The van der Waals surface area contributed by atoms with Crippen molar-refractivity contribution in [3.05, 3.63) is 47.3 Å². The van der Waals surface area contributed by atoms with Crippen molar-refractivity contribution in [2.24, 2.45) is 0 Å². The standard InChI is InChI=1S/C19H20N4O2S/c1-12-4-5-14-15(8-12)22-19(21-14)26-11-17(24)13-9-16(20-10-13)18(25)23-6-2-3-7-23/h4-5,8-10,20H,2-3,6-7,11H2,1H3,(H,21,22). The fourth-order valence-corrected chi connectivity index (χ4v) is 3.93. The Balaban J connectivity index is 1.40. The molecule has 0 bridgehead atoms. The van der Waals surface area contributed by atoms with Gasteiger partial charge in [0, 0.05) is 24.8 Å². The van der Waals surface area contributed by atoms with E-state index >= 15 is 0 Å². The summed E-state index contributed by atoms with van der Waals surface area (Å²) < 4.78 is 0. The molecule has 1 saturated heterocycles. The molecule has 2 N–H and O–H groups in total. The Bertz CT molecular complexity index is 969. The van der Waals surface area contributed by atoms with E-state index in [0.717, 1.165) is 47.7 Å². The molecule has 3 aromatic rings. The van der Waals surface area contributed by atoms with Gasteiger partial charge in [-0.3, -0.25) is 9.59 Å². The number of ketones is 1. The lowest BCUT2D eigenvalue weighted by molar-refractivity contribution is 0.0787. The molecular formula is C19H20N4O2S. The summed E-state index contributed by atoms with van der Waals surface area (Å²) in [5, 5.41) is 0.725. The van der Waals surface area contributed by atoms with Gasteiger partial charge in [0.05, 0.1) is 16.8 Å². The van der Waals surface area contributed by atoms with E-state index in [0.29, 0.717) is 11.3 Å². The van der Waals surface area contributed by atoms with E-state index in [2.05, 4.69) is 15.0 Å². The quantitative estimate of drug-likeness (QED) is 0.534. The van der Waals surface area contributed by atoms with Gasteiger partial charge in [-0.05, 0) is 43.5 Å². The Morgan fingerprint density at radius 1 is 1.23 bits per heavy atom. The van der Waals surface area contributed by atoms with Crippen LogP contribution in [0, 0.1) is 6.92 Å². The predicted octanol–water partition coefficient (Wildman–Crippen LogP) is 3.41. The number of aromatic nitrogens is 3. The van der Waals surface area contributed by atoms with Crippen molar-refractivity contribution in [3.63, 3.8) is 0 Å². The zero-order valence-corrected chi connectivity index (χ0v) is 15.4. The van der Waals surface area contributed by atoms with Crippen LogP contribution >= 0.6 is 11.8 Å². The van der Waals surface area contributed by atoms with Gasteiger partial charge in [0.25, 0.3) is 5.91 Å². The molecule has 0 unspecified atom stereocenters. The van der Waals surface area contributed by atoms with E-state index in [1.807, 2.05) is 30.0 Å². The molecule has 3 heterocycles. The van der Waals surface area contributed by atoms with Crippen LogP contribution in [-0.4, -0.2) is 50.4 Å². The average Bonchev–Trinajstić information content (AvgIpc) is 3.38. The van der Waals surface area contributed by atoms with Crippen molar-refractivity contribution >= 4 is 34.5 Å². The molecule has 1 amide bonds. The molecule has 1 aliphatic heterocycles. The molecule has 0 atom stereocenters. The van der Waals surface area contributed by atoms with Crippen LogP contribution in [0.2, 0.25) is 0 Å². The monoisotopic (exact) mass is 368 g/mol. The van der Waals surface area contributed by atoms with Crippen LogP contribution in [0.15, 0.2) is 35.6 Å². The summed E-state index contributed by atoms with van der Waals surface area (Å²) in [6, 6.07) is 7.68. The first kappa shape index (κ1) is 16.9. The summed E-state index contributed by atoms with van der Waals surface area (Å²) in [5.74, 6) is 0.221. The maximum absolute atomic E-state index is 12.4. The van der Waals surface area contributed by atoms with Gasteiger partial charge in [-0.25, -0.2) is 4.98 Å². The van der Waals surface area contributed by atoms with Crippen molar-refractivity contribution < 1.29 is 9.59 Å². The van der Waals surface area contributed by atoms with E-state index < -0.39 is 0 Å². The highest BCUT2D eigenvalue weighted by Crippen LogP contribution is 2.22. The van der Waals surface area contributed by atoms with E-state index in [4.69, 9.17) is 0 Å². The van der Waals surface area contributed by atoms with E-state index in [-0.39, 0.29) is 17.4 Å². The number of fused-ring (bicyclic) bond motifs is 1. The van der Waals surface area contributed by atoms with Gasteiger partial charge >= 0.3 is 0 Å². The Morgan fingerprint density at radius 2 is 2.04 bits per heavy atom. The largest absolute Gasteiger partial charge is 0.356 e. The number of rotatable bonds is 5. The topological polar surface area (TPSA) is 81.8 Å². The number of thioether (sulfide) groups is 1. The van der Waals surface area contributed by atoms with Crippen molar-refractivity contribution in [3.8, 4) is 0 Å². The lowest BCUT2D eigenvalue weighted by atomic mass is 10.2. The van der Waals surface area contributed by atoms with Crippen molar-refractivity contribution in [1.82, 2.24) is 19.9 Å². The van der Waals surface area contributed by atoms with Crippen LogP contribution < -0.4 is 0 Å². The molecule has 0 saturated carbocycles. The number of aromatic amines is 2. The molecule has 1 aliphatic rings. The molecule has 6 nitrogen and oxygen atoms in total. The van der Waals surface area contributed by atoms with Crippen LogP contribution in [0.4, 0.5) is 0 Å². The second kappa shape index (κ2) is 6.99. The van der Waals surface area contributed by atoms with Gasteiger partial charge in [-0.2, -0.15) is 0 Å². The fourth-order valence-electron chi connectivity index (χ4n) is 3.16. The third-order valence-corrected chi connectivity index (χ3v) is 5.46. The highest BCUT2D eigenvalue weighted by molar-refractivity contribution is 7.99. The minimum atomic E-state index is -0.0261. The normalized spacial score (nSPS) is 14.3. The minimum Gasteiger partial charge on any atom is -0.356 e. The molecule has 2 aromatic heterocycles. The lowest BCUT2D eigenvalue weighted by Gasteiger charge is -2.13. The predicted molar refractivity (Wildman–Crippen MR) is 102 cm³/mol. The van der Waals surface area contributed by atoms with Crippen LogP contribution in [0.1, 0.15) is 39.3 Å². The number of hydrogen-bond acceptors (Lipinski definition) is 4. The smallest absolute Gasteiger partial charge is 0.270 e. The Hall–Kier alpha value is -2.54. The Morgan fingerprint density at radius 3 is 2.85 bits per heavy atom. The summed E-state index contributed by atoms with van der Waals surface area (Å²) in [6.45, 7) is 3.62. The summed E-state index contributed by atoms with van der Waals surface area (Å²) in [6.07, 6.45) is 3.71. The van der Waals surface area contributed by atoms with Gasteiger partial charge < -0.3 is 14.9 Å². The number of likely N-dealkylation sites (tertiary alicyclic amines) is 1. The number of carbonyl (C=O) groups is 2. The van der Waals surface area contributed by atoms with Gasteiger partial charge in [0.1, 0.15) is 5.69 Å². The third-order valence-electron chi connectivity index (χ3n) is 4.58. The van der Waals surface area contributed by atoms with Crippen molar-refractivity contribution in [2.45, 2.75) is 24.9 Å². The SMILES string of the molecule is Cc1ccc2nc(SCC(=O)c3c[nH]c(C(=O)N4CCCC4)c3)[nH]c2c1. The molecule has 0 radical (unpaired) electrons. The van der Waals surface area contributed by atoms with Crippen LogP contribution in [0.3, 0.4) is 0 Å².